The van der Waals surface area contributed by atoms with Crippen molar-refractivity contribution in [2.75, 3.05) is 24.5 Å². The third-order valence-electron chi connectivity index (χ3n) is 5.54. The third kappa shape index (κ3) is 3.74. The van der Waals surface area contributed by atoms with Crippen LogP contribution in [-0.4, -0.2) is 44.9 Å². The Bertz CT molecular complexity index is 931. The van der Waals surface area contributed by atoms with E-state index < -0.39 is 9.05 Å². The average molecular weight is 405 g/mol. The molecule has 7 heteroatoms. The van der Waals surface area contributed by atoms with Gasteiger partial charge in [-0.1, -0.05) is 30.3 Å². The molecule has 2 atom stereocenters. The van der Waals surface area contributed by atoms with Crippen LogP contribution in [0.5, 0.6) is 0 Å². The summed E-state index contributed by atoms with van der Waals surface area (Å²) >= 11 is 0. The first-order valence-electron chi connectivity index (χ1n) is 9.08. The standard InChI is InChI=1S/C20H21ClN2O3S/c21-27(25,26)18-8-6-17(7-9-18)23-13-11-19(20(23)24)22-12-10-16(14-22)15-4-2-1-3-5-15/h1-9,16,19H,10-14H2. The minimum atomic E-state index is -3.75. The van der Waals surface area contributed by atoms with Crippen LogP contribution in [0.1, 0.15) is 24.3 Å². The number of benzene rings is 2. The second kappa shape index (κ2) is 7.26. The van der Waals surface area contributed by atoms with Gasteiger partial charge >= 0.3 is 0 Å². The van der Waals surface area contributed by atoms with Crippen molar-refractivity contribution in [1.29, 1.82) is 0 Å². The number of hydrogen-bond donors (Lipinski definition) is 0. The number of likely N-dealkylation sites (tertiary alicyclic amines) is 1. The van der Waals surface area contributed by atoms with Crippen LogP contribution in [0.4, 0.5) is 5.69 Å². The Morgan fingerprint density at radius 3 is 2.30 bits per heavy atom. The summed E-state index contributed by atoms with van der Waals surface area (Å²) < 4.78 is 22.8. The molecule has 2 fully saturated rings. The van der Waals surface area contributed by atoms with Crippen LogP contribution < -0.4 is 4.90 Å². The lowest BCUT2D eigenvalue weighted by atomic mass is 9.99. The molecule has 0 spiro atoms. The Labute approximate surface area is 164 Å². The van der Waals surface area contributed by atoms with Crippen molar-refractivity contribution < 1.29 is 13.2 Å². The Morgan fingerprint density at radius 1 is 0.926 bits per heavy atom. The van der Waals surface area contributed by atoms with Gasteiger partial charge in [-0.3, -0.25) is 9.69 Å². The summed E-state index contributed by atoms with van der Waals surface area (Å²) in [7, 11) is 1.61. The van der Waals surface area contributed by atoms with Gasteiger partial charge in [-0.15, -0.1) is 0 Å². The van der Waals surface area contributed by atoms with Gasteiger partial charge in [-0.2, -0.15) is 0 Å². The van der Waals surface area contributed by atoms with E-state index in [9.17, 15) is 13.2 Å². The van der Waals surface area contributed by atoms with Crippen molar-refractivity contribution in [3.8, 4) is 0 Å². The first-order chi connectivity index (χ1) is 12.9. The number of halogens is 1. The minimum Gasteiger partial charge on any atom is -0.311 e. The molecule has 2 aliphatic rings. The molecule has 4 rings (SSSR count). The number of nitrogens with zero attached hydrogens (tertiary/aromatic N) is 2. The van der Waals surface area contributed by atoms with Gasteiger partial charge in [0.1, 0.15) is 0 Å². The first kappa shape index (κ1) is 18.5. The highest BCUT2D eigenvalue weighted by Gasteiger charge is 2.39. The van der Waals surface area contributed by atoms with Gasteiger partial charge in [0.25, 0.3) is 9.05 Å². The first-order valence-corrected chi connectivity index (χ1v) is 11.4. The maximum absolute atomic E-state index is 13.0. The monoisotopic (exact) mass is 404 g/mol. The lowest BCUT2D eigenvalue weighted by Crippen LogP contribution is -2.40. The molecule has 0 radical (unpaired) electrons. The van der Waals surface area contributed by atoms with Crippen LogP contribution in [0, 0.1) is 0 Å². The molecule has 5 nitrogen and oxygen atoms in total. The molecule has 0 aromatic heterocycles. The van der Waals surface area contributed by atoms with Gasteiger partial charge in [0.05, 0.1) is 10.9 Å². The molecular formula is C20H21ClN2O3S. The van der Waals surface area contributed by atoms with Crippen LogP contribution in [0.2, 0.25) is 0 Å². The molecule has 0 aliphatic carbocycles. The summed E-state index contributed by atoms with van der Waals surface area (Å²) in [6.45, 7) is 2.47. The lowest BCUT2D eigenvalue weighted by Gasteiger charge is -2.23. The fourth-order valence-electron chi connectivity index (χ4n) is 4.12. The highest BCUT2D eigenvalue weighted by atomic mass is 35.7. The number of hydrogen-bond acceptors (Lipinski definition) is 4. The molecule has 0 saturated carbocycles. The molecule has 27 heavy (non-hydrogen) atoms. The average Bonchev–Trinajstić information content (AvgIpc) is 3.28. The number of rotatable bonds is 4. The molecular weight excluding hydrogens is 384 g/mol. The molecule has 0 bridgehead atoms. The van der Waals surface area contributed by atoms with Crippen molar-refractivity contribution in [1.82, 2.24) is 4.90 Å². The second-order valence-electron chi connectivity index (χ2n) is 7.12. The van der Waals surface area contributed by atoms with Crippen LogP contribution in [0.3, 0.4) is 0 Å². The van der Waals surface area contributed by atoms with Gasteiger partial charge in [-0.05, 0) is 55.1 Å². The zero-order valence-electron chi connectivity index (χ0n) is 14.8. The van der Waals surface area contributed by atoms with Crippen molar-refractivity contribution in [2.45, 2.75) is 29.7 Å². The van der Waals surface area contributed by atoms with Crippen molar-refractivity contribution in [2.24, 2.45) is 0 Å². The number of amides is 1. The molecule has 2 unspecified atom stereocenters. The largest absolute Gasteiger partial charge is 0.311 e. The summed E-state index contributed by atoms with van der Waals surface area (Å²) in [5, 5.41) is 0. The maximum atomic E-state index is 13.0. The summed E-state index contributed by atoms with van der Waals surface area (Å²) in [6.07, 6.45) is 1.85. The van der Waals surface area contributed by atoms with Gasteiger partial charge in [-0.25, -0.2) is 8.42 Å². The Hall–Kier alpha value is -1.89. The molecule has 2 aliphatic heterocycles. The van der Waals surface area contributed by atoms with E-state index in [0.717, 1.165) is 25.9 Å². The van der Waals surface area contributed by atoms with E-state index in [2.05, 4.69) is 29.2 Å². The van der Waals surface area contributed by atoms with Crippen molar-refractivity contribution in [3.63, 3.8) is 0 Å². The zero-order valence-corrected chi connectivity index (χ0v) is 16.4. The van der Waals surface area contributed by atoms with E-state index in [1.54, 1.807) is 17.0 Å². The van der Waals surface area contributed by atoms with E-state index in [4.69, 9.17) is 10.7 Å². The Kier molecular flexibility index (Phi) is 4.97. The Balaban J connectivity index is 1.45. The topological polar surface area (TPSA) is 57.7 Å². The predicted molar refractivity (Wildman–Crippen MR) is 106 cm³/mol. The van der Waals surface area contributed by atoms with Gasteiger partial charge in [0.2, 0.25) is 5.91 Å². The SMILES string of the molecule is O=C1C(N2CCC(c3ccccc3)C2)CCN1c1ccc(S(=O)(=O)Cl)cc1. The van der Waals surface area contributed by atoms with Crippen LogP contribution >= 0.6 is 10.7 Å². The normalized spacial score (nSPS) is 23.9. The summed E-state index contributed by atoms with van der Waals surface area (Å²) in [6, 6.07) is 16.5. The van der Waals surface area contributed by atoms with Crippen LogP contribution in [-0.2, 0) is 13.8 Å². The van der Waals surface area contributed by atoms with Crippen molar-refractivity contribution in [3.05, 3.63) is 60.2 Å². The molecule has 1 amide bonds. The summed E-state index contributed by atoms with van der Waals surface area (Å²) in [5.74, 6) is 0.562. The summed E-state index contributed by atoms with van der Waals surface area (Å²) in [4.78, 5) is 17.0. The smallest absolute Gasteiger partial charge is 0.261 e. The lowest BCUT2D eigenvalue weighted by molar-refractivity contribution is -0.121. The third-order valence-corrected chi connectivity index (χ3v) is 6.91. The molecule has 0 N–H and O–H groups in total. The quantitative estimate of drug-likeness (QED) is 0.734. The predicted octanol–water partition coefficient (Wildman–Crippen LogP) is 3.21. The minimum absolute atomic E-state index is 0.0429. The molecule has 2 aromatic carbocycles. The Morgan fingerprint density at radius 2 is 1.63 bits per heavy atom. The molecule has 2 aromatic rings. The molecule has 2 heterocycles. The van der Waals surface area contributed by atoms with E-state index >= 15 is 0 Å². The highest BCUT2D eigenvalue weighted by Crippen LogP contribution is 2.32. The molecule has 2 saturated heterocycles. The summed E-state index contributed by atoms with van der Waals surface area (Å²) in [5.41, 5.74) is 2.05. The highest BCUT2D eigenvalue weighted by molar-refractivity contribution is 8.13. The molecule has 142 valence electrons. The number of anilines is 1. The fourth-order valence-corrected chi connectivity index (χ4v) is 4.89. The number of carbonyl (C=O) groups is 1. The van der Waals surface area contributed by atoms with E-state index in [0.29, 0.717) is 18.2 Å². The van der Waals surface area contributed by atoms with E-state index in [1.165, 1.54) is 17.7 Å². The van der Waals surface area contributed by atoms with Gasteiger partial charge in [0, 0.05) is 29.5 Å². The van der Waals surface area contributed by atoms with E-state index in [1.807, 2.05) is 6.07 Å². The second-order valence-corrected chi connectivity index (χ2v) is 9.68. The zero-order chi connectivity index (χ0) is 19.0. The fraction of sp³-hybridized carbons (Fsp3) is 0.350. The van der Waals surface area contributed by atoms with Crippen molar-refractivity contribution >= 4 is 31.3 Å². The van der Waals surface area contributed by atoms with Crippen LogP contribution in [0.15, 0.2) is 59.5 Å². The van der Waals surface area contributed by atoms with Crippen LogP contribution in [0.25, 0.3) is 0 Å². The maximum Gasteiger partial charge on any atom is 0.261 e. The number of carbonyl (C=O) groups excluding carboxylic acids is 1. The van der Waals surface area contributed by atoms with E-state index in [-0.39, 0.29) is 16.8 Å². The van der Waals surface area contributed by atoms with Gasteiger partial charge in [0.15, 0.2) is 0 Å². The van der Waals surface area contributed by atoms with Gasteiger partial charge < -0.3 is 4.90 Å².